The van der Waals surface area contributed by atoms with Gasteiger partial charge in [-0.25, -0.2) is 0 Å². The molecule has 0 saturated carbocycles. The fraction of sp³-hybridized carbons (Fsp3) is 0.385. The Balaban J connectivity index is 1.85. The summed E-state index contributed by atoms with van der Waals surface area (Å²) in [6.07, 6.45) is 1.12. The maximum Gasteiger partial charge on any atom is 0.0388 e. The average molecular weight is 251 g/mol. The molecule has 2 unspecified atom stereocenters. The first kappa shape index (κ1) is 11.8. The topological polar surface area (TPSA) is 12.0 Å². The van der Waals surface area contributed by atoms with Crippen molar-refractivity contribution in [2.75, 3.05) is 0 Å². The Morgan fingerprint density at radius 2 is 1.88 bits per heavy atom. The van der Waals surface area contributed by atoms with Crippen LogP contribution in [0.2, 0.25) is 0 Å². The molecule has 1 N–H and O–H groups in total. The molecule has 2 atom stereocenters. The van der Waals surface area contributed by atoms with Crippen molar-refractivity contribution in [3.05, 3.63) is 44.8 Å². The van der Waals surface area contributed by atoms with Gasteiger partial charge in [0.15, 0.2) is 0 Å². The van der Waals surface area contributed by atoms with Gasteiger partial charge in [0.2, 0.25) is 0 Å². The maximum absolute atomic E-state index is 3.64. The second kappa shape index (κ2) is 5.62. The van der Waals surface area contributed by atoms with Crippen LogP contribution in [-0.2, 0) is 6.42 Å². The van der Waals surface area contributed by atoms with Gasteiger partial charge in [-0.1, -0.05) is 12.1 Å². The van der Waals surface area contributed by atoms with Crippen LogP contribution in [0, 0.1) is 0 Å². The summed E-state index contributed by atoms with van der Waals surface area (Å²) < 4.78 is 0. The van der Waals surface area contributed by atoms with E-state index in [1.807, 2.05) is 22.7 Å². The largest absolute Gasteiger partial charge is 0.307 e. The molecule has 0 spiro atoms. The highest BCUT2D eigenvalue weighted by molar-refractivity contribution is 7.10. The average Bonchev–Trinajstić information content (AvgIpc) is 2.88. The van der Waals surface area contributed by atoms with Crippen LogP contribution in [0.5, 0.6) is 0 Å². The predicted molar refractivity (Wildman–Crippen MR) is 73.4 cm³/mol. The van der Waals surface area contributed by atoms with E-state index in [0.717, 1.165) is 6.42 Å². The summed E-state index contributed by atoms with van der Waals surface area (Å²) in [6, 6.07) is 9.61. The highest BCUT2D eigenvalue weighted by Gasteiger charge is 2.10. The number of hydrogen-bond donors (Lipinski definition) is 1. The normalized spacial score (nSPS) is 14.9. The van der Waals surface area contributed by atoms with E-state index in [1.54, 1.807) is 0 Å². The summed E-state index contributed by atoms with van der Waals surface area (Å²) >= 11 is 3.66. The molecule has 3 heteroatoms. The van der Waals surface area contributed by atoms with E-state index >= 15 is 0 Å². The van der Waals surface area contributed by atoms with Crippen molar-refractivity contribution in [1.82, 2.24) is 5.32 Å². The zero-order chi connectivity index (χ0) is 11.4. The van der Waals surface area contributed by atoms with Crippen LogP contribution in [0.1, 0.15) is 29.6 Å². The molecule has 2 heterocycles. The van der Waals surface area contributed by atoms with Crippen molar-refractivity contribution in [2.45, 2.75) is 32.4 Å². The minimum absolute atomic E-state index is 0.454. The van der Waals surface area contributed by atoms with Gasteiger partial charge < -0.3 is 5.32 Å². The van der Waals surface area contributed by atoms with Crippen molar-refractivity contribution in [1.29, 1.82) is 0 Å². The lowest BCUT2D eigenvalue weighted by Gasteiger charge is -2.18. The summed E-state index contributed by atoms with van der Waals surface area (Å²) in [7, 11) is 0. The van der Waals surface area contributed by atoms with E-state index in [4.69, 9.17) is 0 Å². The molecule has 0 amide bonds. The molecule has 0 aromatic carbocycles. The fourth-order valence-corrected chi connectivity index (χ4v) is 3.41. The number of nitrogens with one attached hydrogen (secondary N) is 1. The second-order valence-corrected chi connectivity index (χ2v) is 6.10. The molecule has 16 heavy (non-hydrogen) atoms. The van der Waals surface area contributed by atoms with E-state index in [9.17, 15) is 0 Å². The van der Waals surface area contributed by atoms with Gasteiger partial charge in [-0.05, 0) is 43.2 Å². The van der Waals surface area contributed by atoms with E-state index in [1.165, 1.54) is 9.75 Å². The van der Waals surface area contributed by atoms with E-state index in [-0.39, 0.29) is 0 Å². The van der Waals surface area contributed by atoms with Crippen LogP contribution in [0.15, 0.2) is 35.0 Å². The maximum atomic E-state index is 3.64. The van der Waals surface area contributed by atoms with Gasteiger partial charge in [-0.2, -0.15) is 0 Å². The number of thiophene rings is 2. The lowest BCUT2D eigenvalue weighted by molar-refractivity contribution is 0.484. The molecule has 0 bridgehead atoms. The first-order valence-electron chi connectivity index (χ1n) is 5.57. The number of hydrogen-bond acceptors (Lipinski definition) is 3. The molecule has 0 saturated heterocycles. The quantitative estimate of drug-likeness (QED) is 0.844. The Morgan fingerprint density at radius 3 is 2.50 bits per heavy atom. The molecule has 1 nitrogen and oxygen atoms in total. The van der Waals surface area contributed by atoms with E-state index < -0.39 is 0 Å². The second-order valence-electron chi connectivity index (χ2n) is 4.09. The third-order valence-electron chi connectivity index (χ3n) is 2.59. The Kier molecular flexibility index (Phi) is 4.16. The summed E-state index contributed by atoms with van der Waals surface area (Å²) in [5.74, 6) is 0. The first-order chi connectivity index (χ1) is 7.75. The molecule has 0 aliphatic rings. The summed E-state index contributed by atoms with van der Waals surface area (Å²) in [5.41, 5.74) is 0. The Bertz CT molecular complexity index is 392. The summed E-state index contributed by atoms with van der Waals surface area (Å²) in [4.78, 5) is 2.87. The van der Waals surface area contributed by atoms with Crippen molar-refractivity contribution >= 4 is 22.7 Å². The molecule has 2 rings (SSSR count). The zero-order valence-electron chi connectivity index (χ0n) is 9.64. The van der Waals surface area contributed by atoms with Crippen LogP contribution >= 0.6 is 22.7 Å². The van der Waals surface area contributed by atoms with Gasteiger partial charge in [-0.3, -0.25) is 0 Å². The third kappa shape index (κ3) is 3.17. The Morgan fingerprint density at radius 1 is 1.12 bits per heavy atom. The Hall–Kier alpha value is -0.640. The van der Waals surface area contributed by atoms with Crippen LogP contribution in [-0.4, -0.2) is 6.04 Å². The summed E-state index contributed by atoms with van der Waals surface area (Å²) in [5, 5.41) is 7.92. The number of rotatable bonds is 5. The molecular weight excluding hydrogens is 234 g/mol. The van der Waals surface area contributed by atoms with Crippen LogP contribution in [0.25, 0.3) is 0 Å². The standard InChI is InChI=1S/C13H17NS2/c1-10(9-12-5-3-7-15-12)14-11(2)13-6-4-8-16-13/h3-8,10-11,14H,9H2,1-2H3. The smallest absolute Gasteiger partial charge is 0.0388 e. The molecule has 2 aromatic rings. The first-order valence-corrected chi connectivity index (χ1v) is 7.33. The van der Waals surface area contributed by atoms with Gasteiger partial charge in [0.25, 0.3) is 0 Å². The van der Waals surface area contributed by atoms with Crippen molar-refractivity contribution in [3.63, 3.8) is 0 Å². The SMILES string of the molecule is CC(Cc1cccs1)NC(C)c1cccs1. The van der Waals surface area contributed by atoms with Crippen LogP contribution in [0.4, 0.5) is 0 Å². The lowest BCUT2D eigenvalue weighted by atomic mass is 10.1. The van der Waals surface area contributed by atoms with Gasteiger partial charge in [0.1, 0.15) is 0 Å². The minimum Gasteiger partial charge on any atom is -0.307 e. The van der Waals surface area contributed by atoms with Gasteiger partial charge in [-0.15, -0.1) is 22.7 Å². The van der Waals surface area contributed by atoms with Crippen molar-refractivity contribution < 1.29 is 0 Å². The molecule has 2 aromatic heterocycles. The molecule has 86 valence electrons. The monoisotopic (exact) mass is 251 g/mol. The summed E-state index contributed by atoms with van der Waals surface area (Å²) in [6.45, 7) is 4.49. The molecule has 0 aliphatic heterocycles. The van der Waals surface area contributed by atoms with E-state index in [2.05, 4.69) is 54.2 Å². The molecule has 0 radical (unpaired) electrons. The van der Waals surface area contributed by atoms with Crippen molar-refractivity contribution in [3.8, 4) is 0 Å². The van der Waals surface area contributed by atoms with Gasteiger partial charge >= 0.3 is 0 Å². The lowest BCUT2D eigenvalue weighted by Crippen LogP contribution is -2.30. The minimum atomic E-state index is 0.454. The fourth-order valence-electron chi connectivity index (χ4n) is 1.84. The van der Waals surface area contributed by atoms with Gasteiger partial charge in [0.05, 0.1) is 0 Å². The Labute approximate surface area is 105 Å². The zero-order valence-corrected chi connectivity index (χ0v) is 11.3. The molecule has 0 aliphatic carbocycles. The van der Waals surface area contributed by atoms with Gasteiger partial charge in [0, 0.05) is 21.8 Å². The molecule has 0 fully saturated rings. The predicted octanol–water partition coefficient (Wildman–Crippen LogP) is 4.09. The van der Waals surface area contributed by atoms with E-state index in [0.29, 0.717) is 12.1 Å². The van der Waals surface area contributed by atoms with Crippen LogP contribution in [0.3, 0.4) is 0 Å². The highest BCUT2D eigenvalue weighted by Crippen LogP contribution is 2.19. The highest BCUT2D eigenvalue weighted by atomic mass is 32.1. The third-order valence-corrected chi connectivity index (χ3v) is 4.55. The molecular formula is C13H17NS2. The van der Waals surface area contributed by atoms with Crippen molar-refractivity contribution in [2.24, 2.45) is 0 Å². The van der Waals surface area contributed by atoms with Crippen LogP contribution < -0.4 is 5.32 Å².